The molecule has 0 aromatic carbocycles. The van der Waals surface area contributed by atoms with E-state index in [0.717, 1.165) is 77.0 Å². The Morgan fingerprint density at radius 3 is 2.50 bits per heavy atom. The van der Waals surface area contributed by atoms with Gasteiger partial charge in [-0.15, -0.1) is 0 Å². The Hall–Kier alpha value is -0.900. The molecule has 1 rings (SSSR count). The average molecular weight is 396 g/mol. The molecule has 3 atom stereocenters. The smallest absolute Gasteiger partial charge is 0.305 e. The van der Waals surface area contributed by atoms with Crippen LogP contribution >= 0.6 is 0 Å². The zero-order valence-corrected chi connectivity index (χ0v) is 18.6. The molecule has 0 aromatic rings. The Labute approximate surface area is 173 Å². The van der Waals surface area contributed by atoms with Crippen molar-refractivity contribution in [3.05, 3.63) is 0 Å². The van der Waals surface area contributed by atoms with E-state index in [9.17, 15) is 9.59 Å². The highest BCUT2D eigenvalue weighted by molar-refractivity contribution is 5.83. The van der Waals surface area contributed by atoms with Crippen molar-refractivity contribution < 1.29 is 14.3 Å². The molecule has 0 saturated heterocycles. The Kier molecular flexibility index (Phi) is 14.3. The minimum atomic E-state index is -0.0604. The third-order valence-corrected chi connectivity index (χ3v) is 6.24. The van der Waals surface area contributed by atoms with Crippen LogP contribution in [0.4, 0.5) is 0 Å². The van der Waals surface area contributed by atoms with Crippen molar-refractivity contribution in [2.75, 3.05) is 6.61 Å². The van der Waals surface area contributed by atoms with E-state index in [4.69, 9.17) is 10.5 Å². The summed E-state index contributed by atoms with van der Waals surface area (Å²) in [6.45, 7) is 4.87. The maximum Gasteiger partial charge on any atom is 0.305 e. The van der Waals surface area contributed by atoms with Gasteiger partial charge in [0, 0.05) is 24.8 Å². The first-order valence-electron chi connectivity index (χ1n) is 12.0. The highest BCUT2D eigenvalue weighted by atomic mass is 16.5. The molecule has 28 heavy (non-hydrogen) atoms. The fourth-order valence-electron chi connectivity index (χ4n) is 4.34. The van der Waals surface area contributed by atoms with Crippen LogP contribution in [-0.2, 0) is 14.3 Å². The average Bonchev–Trinajstić information content (AvgIpc) is 3.03. The van der Waals surface area contributed by atoms with Gasteiger partial charge in [0.1, 0.15) is 5.78 Å². The zero-order valence-electron chi connectivity index (χ0n) is 18.6. The van der Waals surface area contributed by atoms with Crippen LogP contribution in [-0.4, -0.2) is 24.4 Å². The van der Waals surface area contributed by atoms with Crippen molar-refractivity contribution in [2.24, 2.45) is 17.6 Å². The van der Waals surface area contributed by atoms with E-state index in [-0.39, 0.29) is 11.9 Å². The van der Waals surface area contributed by atoms with E-state index < -0.39 is 0 Å². The minimum absolute atomic E-state index is 0.0604. The molecule has 4 heteroatoms. The monoisotopic (exact) mass is 395 g/mol. The maximum atomic E-state index is 12.3. The number of esters is 1. The van der Waals surface area contributed by atoms with Gasteiger partial charge in [0.2, 0.25) is 0 Å². The molecule has 2 N–H and O–H groups in total. The summed E-state index contributed by atoms with van der Waals surface area (Å²) in [7, 11) is 0. The van der Waals surface area contributed by atoms with Crippen molar-refractivity contribution in [1.29, 1.82) is 0 Å². The van der Waals surface area contributed by atoms with Gasteiger partial charge in [-0.2, -0.15) is 0 Å². The molecule has 0 heterocycles. The molecule has 1 aliphatic carbocycles. The van der Waals surface area contributed by atoms with Crippen molar-refractivity contribution in [3.8, 4) is 0 Å². The third-order valence-electron chi connectivity index (χ3n) is 6.24. The van der Waals surface area contributed by atoms with Gasteiger partial charge in [0.15, 0.2) is 0 Å². The normalized spacial score (nSPS) is 20.5. The van der Waals surface area contributed by atoms with E-state index in [0.29, 0.717) is 30.8 Å². The van der Waals surface area contributed by atoms with Gasteiger partial charge in [-0.3, -0.25) is 9.59 Å². The standard InChI is InChI=1S/C24H45NO3/c1-3-5-9-12-21(25)17-15-20-16-18-23(26)22(20)13-10-7-8-11-14-24(27)28-19-6-4-2/h20-22H,3-19,25H2,1-2H3/t20-,21?,22+/m0/s1. The molecule has 0 bridgehead atoms. The number of carbonyl (C=O) groups excluding carboxylic acids is 2. The maximum absolute atomic E-state index is 12.3. The van der Waals surface area contributed by atoms with Crippen molar-refractivity contribution >= 4 is 11.8 Å². The molecule has 0 radical (unpaired) electrons. The second-order valence-corrected chi connectivity index (χ2v) is 8.73. The molecule has 1 aliphatic rings. The third kappa shape index (κ3) is 11.2. The van der Waals surface area contributed by atoms with Crippen LogP contribution in [0.25, 0.3) is 0 Å². The fraction of sp³-hybridized carbons (Fsp3) is 0.917. The second kappa shape index (κ2) is 16.0. The summed E-state index contributed by atoms with van der Waals surface area (Å²) < 4.78 is 5.18. The number of nitrogens with two attached hydrogens (primary N) is 1. The Bertz CT molecular complexity index is 424. The van der Waals surface area contributed by atoms with Crippen LogP contribution in [0, 0.1) is 11.8 Å². The quantitative estimate of drug-likeness (QED) is 0.244. The lowest BCUT2D eigenvalue weighted by Crippen LogP contribution is -2.22. The van der Waals surface area contributed by atoms with Crippen LogP contribution in [0.5, 0.6) is 0 Å². The van der Waals surface area contributed by atoms with Crippen molar-refractivity contribution in [3.63, 3.8) is 0 Å². The number of carbonyl (C=O) groups is 2. The molecular weight excluding hydrogens is 350 g/mol. The van der Waals surface area contributed by atoms with Gasteiger partial charge in [-0.05, 0) is 50.9 Å². The first kappa shape index (κ1) is 25.1. The topological polar surface area (TPSA) is 69.4 Å². The number of Topliss-reactive ketones (excluding diaryl/α,β-unsaturated/α-hetero) is 1. The lowest BCUT2D eigenvalue weighted by molar-refractivity contribution is -0.143. The SMILES string of the molecule is CCCCCC(N)CC[C@H]1CCC(=O)[C@@H]1CCCCCCC(=O)OCCCC. The van der Waals surface area contributed by atoms with Crippen molar-refractivity contribution in [1.82, 2.24) is 0 Å². The van der Waals surface area contributed by atoms with E-state index in [1.807, 2.05) is 0 Å². The molecular formula is C24H45NO3. The van der Waals surface area contributed by atoms with Crippen LogP contribution < -0.4 is 5.73 Å². The van der Waals surface area contributed by atoms with Gasteiger partial charge in [-0.1, -0.05) is 58.8 Å². The molecule has 164 valence electrons. The molecule has 0 amide bonds. The van der Waals surface area contributed by atoms with Crippen LogP contribution in [0.1, 0.15) is 117 Å². The highest BCUT2D eigenvalue weighted by Gasteiger charge is 2.33. The van der Waals surface area contributed by atoms with Crippen LogP contribution in [0.3, 0.4) is 0 Å². The molecule has 4 nitrogen and oxygen atoms in total. The van der Waals surface area contributed by atoms with Gasteiger partial charge in [0.25, 0.3) is 0 Å². The van der Waals surface area contributed by atoms with E-state index in [2.05, 4.69) is 13.8 Å². The summed E-state index contributed by atoms with van der Waals surface area (Å²) in [6, 6.07) is 0.306. The molecule has 0 aromatic heterocycles. The summed E-state index contributed by atoms with van der Waals surface area (Å²) in [5.41, 5.74) is 6.27. The number of rotatable bonds is 17. The van der Waals surface area contributed by atoms with E-state index in [1.54, 1.807) is 0 Å². The number of hydrogen-bond donors (Lipinski definition) is 1. The van der Waals surface area contributed by atoms with Crippen LogP contribution in [0.2, 0.25) is 0 Å². The highest BCUT2D eigenvalue weighted by Crippen LogP contribution is 2.36. The summed E-state index contributed by atoms with van der Waals surface area (Å²) in [5, 5.41) is 0. The number of unbranched alkanes of at least 4 members (excludes halogenated alkanes) is 6. The first-order chi connectivity index (χ1) is 13.6. The van der Waals surface area contributed by atoms with Gasteiger partial charge in [0.05, 0.1) is 6.61 Å². The summed E-state index contributed by atoms with van der Waals surface area (Å²) >= 11 is 0. The lowest BCUT2D eigenvalue weighted by Gasteiger charge is -2.20. The van der Waals surface area contributed by atoms with Gasteiger partial charge < -0.3 is 10.5 Å². The van der Waals surface area contributed by atoms with Crippen LogP contribution in [0.15, 0.2) is 0 Å². The first-order valence-corrected chi connectivity index (χ1v) is 12.0. The fourth-order valence-corrected chi connectivity index (χ4v) is 4.34. The minimum Gasteiger partial charge on any atom is -0.466 e. The van der Waals surface area contributed by atoms with Gasteiger partial charge >= 0.3 is 5.97 Å². The zero-order chi connectivity index (χ0) is 20.6. The Morgan fingerprint density at radius 1 is 1.00 bits per heavy atom. The summed E-state index contributed by atoms with van der Waals surface area (Å²) in [6.07, 6.45) is 16.6. The number of ether oxygens (including phenoxy) is 1. The molecule has 1 saturated carbocycles. The summed E-state index contributed by atoms with van der Waals surface area (Å²) in [4.78, 5) is 23.9. The summed E-state index contributed by atoms with van der Waals surface area (Å²) in [5.74, 6) is 1.24. The number of hydrogen-bond acceptors (Lipinski definition) is 4. The Balaban J connectivity index is 2.12. The predicted octanol–water partition coefficient (Wildman–Crippen LogP) is 5.95. The molecule has 1 fully saturated rings. The van der Waals surface area contributed by atoms with Crippen molar-refractivity contribution in [2.45, 2.75) is 123 Å². The molecule has 0 spiro atoms. The predicted molar refractivity (Wildman–Crippen MR) is 116 cm³/mol. The largest absolute Gasteiger partial charge is 0.466 e. The molecule has 1 unspecified atom stereocenters. The van der Waals surface area contributed by atoms with E-state index >= 15 is 0 Å². The van der Waals surface area contributed by atoms with Gasteiger partial charge in [-0.25, -0.2) is 0 Å². The molecule has 0 aliphatic heterocycles. The number of ketones is 1. The van der Waals surface area contributed by atoms with E-state index in [1.165, 1.54) is 19.3 Å². The second-order valence-electron chi connectivity index (χ2n) is 8.73. The lowest BCUT2D eigenvalue weighted by atomic mass is 9.85. The Morgan fingerprint density at radius 2 is 1.75 bits per heavy atom.